The Balaban J connectivity index is 2.55. The van der Waals surface area contributed by atoms with Gasteiger partial charge in [-0.1, -0.05) is 13.8 Å². The van der Waals surface area contributed by atoms with Crippen molar-refractivity contribution in [2.45, 2.75) is 26.7 Å². The van der Waals surface area contributed by atoms with Gasteiger partial charge in [0.25, 0.3) is 0 Å². The SMILES string of the molecule is CC(C)(C=O)CCCN(C=O)c1ccc(F)cc1. The molecule has 0 saturated heterocycles. The summed E-state index contributed by atoms with van der Waals surface area (Å²) in [6.45, 7) is 4.25. The van der Waals surface area contributed by atoms with Crippen molar-refractivity contribution in [1.29, 1.82) is 0 Å². The van der Waals surface area contributed by atoms with Gasteiger partial charge in [0.15, 0.2) is 0 Å². The molecule has 1 amide bonds. The van der Waals surface area contributed by atoms with Gasteiger partial charge in [0.1, 0.15) is 12.1 Å². The number of carbonyl (C=O) groups is 2. The fourth-order valence-electron chi connectivity index (χ4n) is 1.64. The summed E-state index contributed by atoms with van der Waals surface area (Å²) < 4.78 is 12.8. The Kier molecular flexibility index (Phi) is 5.01. The van der Waals surface area contributed by atoms with Crippen LogP contribution in [0.15, 0.2) is 24.3 Å². The number of halogens is 1. The molecular formula is C14H18FNO2. The van der Waals surface area contributed by atoms with Crippen molar-refractivity contribution >= 4 is 18.4 Å². The molecule has 0 aliphatic heterocycles. The van der Waals surface area contributed by atoms with Crippen molar-refractivity contribution in [3.63, 3.8) is 0 Å². The molecule has 4 heteroatoms. The molecule has 0 aliphatic carbocycles. The number of amides is 1. The first kappa shape index (κ1) is 14.4. The van der Waals surface area contributed by atoms with Gasteiger partial charge in [0.2, 0.25) is 6.41 Å². The predicted octanol–water partition coefficient (Wildman–Crippen LogP) is 2.79. The zero-order valence-corrected chi connectivity index (χ0v) is 10.7. The van der Waals surface area contributed by atoms with Crippen LogP contribution in [0.5, 0.6) is 0 Å². The normalized spacial score (nSPS) is 11.1. The minimum absolute atomic E-state index is 0.327. The summed E-state index contributed by atoms with van der Waals surface area (Å²) in [5.74, 6) is -0.327. The van der Waals surface area contributed by atoms with E-state index in [2.05, 4.69) is 0 Å². The van der Waals surface area contributed by atoms with Gasteiger partial charge in [-0.3, -0.25) is 4.79 Å². The molecule has 0 bridgehead atoms. The second kappa shape index (κ2) is 6.28. The summed E-state index contributed by atoms with van der Waals surface area (Å²) in [5, 5.41) is 0. The maximum absolute atomic E-state index is 12.8. The molecule has 98 valence electrons. The number of rotatable bonds is 7. The molecule has 0 spiro atoms. The Morgan fingerprint density at radius 1 is 1.22 bits per heavy atom. The van der Waals surface area contributed by atoms with E-state index in [1.54, 1.807) is 12.1 Å². The molecule has 0 saturated carbocycles. The summed E-state index contributed by atoms with van der Waals surface area (Å²) in [7, 11) is 0. The molecule has 0 radical (unpaired) electrons. The highest BCUT2D eigenvalue weighted by molar-refractivity contribution is 5.74. The number of anilines is 1. The molecule has 3 nitrogen and oxygen atoms in total. The minimum Gasteiger partial charge on any atom is -0.315 e. The van der Waals surface area contributed by atoms with E-state index in [1.807, 2.05) is 13.8 Å². The first-order chi connectivity index (χ1) is 8.48. The van der Waals surface area contributed by atoms with Crippen LogP contribution in [0.4, 0.5) is 10.1 Å². The van der Waals surface area contributed by atoms with Crippen LogP contribution in [0.2, 0.25) is 0 Å². The lowest BCUT2D eigenvalue weighted by Crippen LogP contribution is -2.24. The standard InChI is InChI=1S/C14H18FNO2/c1-14(2,10-17)8-3-9-16(11-18)13-6-4-12(15)5-7-13/h4-7,10-11H,3,8-9H2,1-2H3. The third-order valence-corrected chi connectivity index (χ3v) is 2.82. The van der Waals surface area contributed by atoms with Gasteiger partial charge in [0.05, 0.1) is 0 Å². The number of hydrogen-bond acceptors (Lipinski definition) is 2. The highest BCUT2D eigenvalue weighted by Gasteiger charge is 2.16. The lowest BCUT2D eigenvalue weighted by atomic mass is 9.90. The first-order valence-corrected chi connectivity index (χ1v) is 5.92. The fraction of sp³-hybridized carbons (Fsp3) is 0.429. The van der Waals surface area contributed by atoms with Crippen molar-refractivity contribution in [3.8, 4) is 0 Å². The highest BCUT2D eigenvalue weighted by atomic mass is 19.1. The monoisotopic (exact) mass is 251 g/mol. The summed E-state index contributed by atoms with van der Waals surface area (Å²) >= 11 is 0. The Hall–Kier alpha value is -1.71. The number of nitrogens with zero attached hydrogens (tertiary/aromatic N) is 1. The lowest BCUT2D eigenvalue weighted by Gasteiger charge is -2.21. The average Bonchev–Trinajstić information content (AvgIpc) is 2.36. The van der Waals surface area contributed by atoms with Crippen molar-refractivity contribution in [2.24, 2.45) is 5.41 Å². The van der Waals surface area contributed by atoms with E-state index >= 15 is 0 Å². The van der Waals surface area contributed by atoms with Crippen LogP contribution < -0.4 is 4.90 Å². The molecule has 1 aromatic carbocycles. The number of aldehydes is 1. The topological polar surface area (TPSA) is 37.4 Å². The summed E-state index contributed by atoms with van der Waals surface area (Å²) in [6, 6.07) is 5.77. The molecule has 0 aliphatic rings. The molecular weight excluding hydrogens is 233 g/mol. The molecule has 0 atom stereocenters. The summed E-state index contributed by atoms with van der Waals surface area (Å²) in [4.78, 5) is 23.2. The van der Waals surface area contributed by atoms with Gasteiger partial charge in [0, 0.05) is 17.6 Å². The predicted molar refractivity (Wildman–Crippen MR) is 68.9 cm³/mol. The number of carbonyl (C=O) groups excluding carboxylic acids is 2. The maximum Gasteiger partial charge on any atom is 0.214 e. The molecule has 0 aromatic heterocycles. The van der Waals surface area contributed by atoms with Gasteiger partial charge < -0.3 is 9.69 Å². The first-order valence-electron chi connectivity index (χ1n) is 5.92. The second-order valence-corrected chi connectivity index (χ2v) is 4.99. The molecule has 18 heavy (non-hydrogen) atoms. The van der Waals surface area contributed by atoms with Gasteiger partial charge >= 0.3 is 0 Å². The van der Waals surface area contributed by atoms with Gasteiger partial charge in [-0.2, -0.15) is 0 Å². The van der Waals surface area contributed by atoms with Crippen LogP contribution >= 0.6 is 0 Å². The maximum atomic E-state index is 12.8. The van der Waals surface area contributed by atoms with E-state index in [9.17, 15) is 14.0 Å². The summed E-state index contributed by atoms with van der Waals surface area (Å²) in [5.41, 5.74) is 0.299. The van der Waals surface area contributed by atoms with Gasteiger partial charge in [-0.15, -0.1) is 0 Å². The Morgan fingerprint density at radius 2 is 1.83 bits per heavy atom. The smallest absolute Gasteiger partial charge is 0.214 e. The van der Waals surface area contributed by atoms with Crippen LogP contribution in [0.25, 0.3) is 0 Å². The van der Waals surface area contributed by atoms with Gasteiger partial charge in [-0.25, -0.2) is 4.39 Å². The molecule has 0 fully saturated rings. The van der Waals surface area contributed by atoms with E-state index in [0.717, 1.165) is 19.1 Å². The van der Waals surface area contributed by atoms with E-state index in [0.29, 0.717) is 18.7 Å². The highest BCUT2D eigenvalue weighted by Crippen LogP contribution is 2.20. The van der Waals surface area contributed by atoms with Crippen molar-refractivity contribution in [3.05, 3.63) is 30.1 Å². The van der Waals surface area contributed by atoms with Crippen LogP contribution in [0, 0.1) is 11.2 Å². The van der Waals surface area contributed by atoms with Crippen LogP contribution in [0.3, 0.4) is 0 Å². The number of hydrogen-bond donors (Lipinski definition) is 0. The van der Waals surface area contributed by atoms with E-state index in [4.69, 9.17) is 0 Å². The van der Waals surface area contributed by atoms with E-state index < -0.39 is 0 Å². The van der Waals surface area contributed by atoms with Crippen LogP contribution in [0.1, 0.15) is 26.7 Å². The van der Waals surface area contributed by atoms with Crippen LogP contribution in [-0.2, 0) is 9.59 Å². The molecule has 0 unspecified atom stereocenters. The molecule has 0 N–H and O–H groups in total. The van der Waals surface area contributed by atoms with Crippen molar-refractivity contribution in [2.75, 3.05) is 11.4 Å². The zero-order chi connectivity index (χ0) is 13.6. The minimum atomic E-state index is -0.364. The Bertz CT molecular complexity index is 401. The summed E-state index contributed by atoms with van der Waals surface area (Å²) in [6.07, 6.45) is 3.08. The second-order valence-electron chi connectivity index (χ2n) is 4.99. The lowest BCUT2D eigenvalue weighted by molar-refractivity contribution is -0.115. The molecule has 0 heterocycles. The Labute approximate surface area is 107 Å². The zero-order valence-electron chi connectivity index (χ0n) is 10.7. The van der Waals surface area contributed by atoms with E-state index in [1.165, 1.54) is 17.0 Å². The third kappa shape index (κ3) is 4.28. The quantitative estimate of drug-likeness (QED) is 0.699. The molecule has 1 rings (SSSR count). The fourth-order valence-corrected chi connectivity index (χ4v) is 1.64. The average molecular weight is 251 g/mol. The third-order valence-electron chi connectivity index (χ3n) is 2.82. The Morgan fingerprint density at radius 3 is 2.33 bits per heavy atom. The van der Waals surface area contributed by atoms with Crippen molar-refractivity contribution < 1.29 is 14.0 Å². The largest absolute Gasteiger partial charge is 0.315 e. The van der Waals surface area contributed by atoms with E-state index in [-0.39, 0.29) is 11.2 Å². The number of benzene rings is 1. The van der Waals surface area contributed by atoms with Gasteiger partial charge in [-0.05, 0) is 37.1 Å². The van der Waals surface area contributed by atoms with Crippen LogP contribution in [-0.4, -0.2) is 19.2 Å². The van der Waals surface area contributed by atoms with Crippen molar-refractivity contribution in [1.82, 2.24) is 0 Å². The molecule has 1 aromatic rings.